The molecular weight excluding hydrogens is 188 g/mol. The van der Waals surface area contributed by atoms with Gasteiger partial charge in [-0.3, -0.25) is 0 Å². The highest BCUT2D eigenvalue weighted by molar-refractivity contribution is 5.15. The van der Waals surface area contributed by atoms with Crippen molar-refractivity contribution in [2.45, 2.75) is 33.1 Å². The van der Waals surface area contributed by atoms with E-state index >= 15 is 0 Å². The van der Waals surface area contributed by atoms with E-state index in [0.717, 1.165) is 42.3 Å². The quantitative estimate of drug-likeness (QED) is 0.760. The van der Waals surface area contributed by atoms with Crippen molar-refractivity contribution < 1.29 is 8.83 Å². The molecule has 0 saturated heterocycles. The van der Waals surface area contributed by atoms with Crippen LogP contribution in [0.4, 0.5) is 0 Å². The molecule has 15 heavy (non-hydrogen) atoms. The van der Waals surface area contributed by atoms with Crippen molar-refractivity contribution >= 4 is 0 Å². The van der Waals surface area contributed by atoms with E-state index in [9.17, 15) is 0 Å². The molecule has 80 valence electrons. The second-order valence-electron chi connectivity index (χ2n) is 3.62. The maximum Gasteiger partial charge on any atom is 0.111 e. The van der Waals surface area contributed by atoms with Gasteiger partial charge in [0.25, 0.3) is 0 Å². The fraction of sp³-hybridized carbons (Fsp3) is 0.385. The summed E-state index contributed by atoms with van der Waals surface area (Å²) in [4.78, 5) is 0. The van der Waals surface area contributed by atoms with Crippen LogP contribution in [0.2, 0.25) is 0 Å². The average Bonchev–Trinajstić information content (AvgIpc) is 2.87. The lowest BCUT2D eigenvalue weighted by Crippen LogP contribution is -1.81. The monoisotopic (exact) mass is 204 g/mol. The van der Waals surface area contributed by atoms with Crippen molar-refractivity contribution in [1.82, 2.24) is 0 Å². The molecule has 0 aliphatic carbocycles. The van der Waals surface area contributed by atoms with Crippen molar-refractivity contribution in [2.24, 2.45) is 0 Å². The van der Waals surface area contributed by atoms with Crippen molar-refractivity contribution in [1.29, 1.82) is 0 Å². The Kier molecular flexibility index (Phi) is 2.95. The molecule has 2 aromatic heterocycles. The summed E-state index contributed by atoms with van der Waals surface area (Å²) in [5, 5.41) is 0. The molecule has 0 atom stereocenters. The summed E-state index contributed by atoms with van der Waals surface area (Å²) in [6.07, 6.45) is 2.64. The van der Waals surface area contributed by atoms with Crippen LogP contribution in [0, 0.1) is 0 Å². The molecule has 0 N–H and O–H groups in total. The predicted octanol–water partition coefficient (Wildman–Crippen LogP) is 3.59. The summed E-state index contributed by atoms with van der Waals surface area (Å²) < 4.78 is 11.2. The molecule has 0 aliphatic heterocycles. The van der Waals surface area contributed by atoms with Crippen LogP contribution in [0.15, 0.2) is 33.1 Å². The highest BCUT2D eigenvalue weighted by Gasteiger charge is 2.05. The van der Waals surface area contributed by atoms with Gasteiger partial charge in [-0.25, -0.2) is 0 Å². The Morgan fingerprint density at radius 1 is 0.733 bits per heavy atom. The van der Waals surface area contributed by atoms with E-state index in [-0.39, 0.29) is 0 Å². The summed E-state index contributed by atoms with van der Waals surface area (Å²) in [6.45, 7) is 4.18. The van der Waals surface area contributed by atoms with E-state index in [0.29, 0.717) is 0 Å². The summed E-state index contributed by atoms with van der Waals surface area (Å²) in [5.41, 5.74) is 0. The molecule has 0 radical (unpaired) electrons. The Bertz CT molecular complexity index is 383. The molecule has 0 saturated carbocycles. The van der Waals surface area contributed by atoms with Gasteiger partial charge in [0.15, 0.2) is 0 Å². The highest BCUT2D eigenvalue weighted by Crippen LogP contribution is 2.16. The molecular formula is C13H16O2. The van der Waals surface area contributed by atoms with Gasteiger partial charge >= 0.3 is 0 Å². The molecule has 2 heterocycles. The van der Waals surface area contributed by atoms with Gasteiger partial charge in [-0.15, -0.1) is 0 Å². The lowest BCUT2D eigenvalue weighted by atomic mass is 10.2. The minimum absolute atomic E-state index is 0.750. The Balaban J connectivity index is 2.07. The van der Waals surface area contributed by atoms with Crippen LogP contribution in [0.5, 0.6) is 0 Å². The standard InChI is InChI=1S/C13H16O2/c1-3-10-5-7-12(14-10)9-13-8-6-11(4-2)15-13/h5-8H,3-4,9H2,1-2H3. The first kappa shape index (κ1) is 10.1. The van der Waals surface area contributed by atoms with Crippen molar-refractivity contribution in [2.75, 3.05) is 0 Å². The molecule has 0 aliphatic rings. The average molecular weight is 204 g/mol. The molecule has 2 nitrogen and oxygen atoms in total. The first-order chi connectivity index (χ1) is 7.31. The van der Waals surface area contributed by atoms with Gasteiger partial charge in [0.05, 0.1) is 6.42 Å². The Morgan fingerprint density at radius 2 is 1.13 bits per heavy atom. The molecule has 2 aromatic rings. The van der Waals surface area contributed by atoms with Crippen LogP contribution in [-0.2, 0) is 19.3 Å². The second kappa shape index (κ2) is 4.39. The van der Waals surface area contributed by atoms with Crippen LogP contribution in [0.3, 0.4) is 0 Å². The molecule has 0 aromatic carbocycles. The third-order valence-electron chi connectivity index (χ3n) is 2.48. The molecule has 2 heteroatoms. The first-order valence-corrected chi connectivity index (χ1v) is 5.47. The summed E-state index contributed by atoms with van der Waals surface area (Å²) >= 11 is 0. The lowest BCUT2D eigenvalue weighted by molar-refractivity contribution is 0.438. The zero-order chi connectivity index (χ0) is 10.7. The van der Waals surface area contributed by atoms with Crippen molar-refractivity contribution in [3.05, 3.63) is 47.3 Å². The van der Waals surface area contributed by atoms with Gasteiger partial charge in [-0.1, -0.05) is 13.8 Å². The molecule has 0 amide bonds. The van der Waals surface area contributed by atoms with Gasteiger partial charge < -0.3 is 8.83 Å². The van der Waals surface area contributed by atoms with E-state index in [1.165, 1.54) is 0 Å². The van der Waals surface area contributed by atoms with Crippen LogP contribution >= 0.6 is 0 Å². The molecule has 0 fully saturated rings. The topological polar surface area (TPSA) is 26.3 Å². The molecule has 0 spiro atoms. The summed E-state index contributed by atoms with van der Waals surface area (Å²) in [6, 6.07) is 8.10. The molecule has 0 unspecified atom stereocenters. The fourth-order valence-electron chi connectivity index (χ4n) is 1.59. The normalized spacial score (nSPS) is 10.8. The van der Waals surface area contributed by atoms with Crippen LogP contribution in [0.1, 0.15) is 36.9 Å². The van der Waals surface area contributed by atoms with E-state index in [1.54, 1.807) is 0 Å². The smallest absolute Gasteiger partial charge is 0.111 e. The van der Waals surface area contributed by atoms with Gasteiger partial charge in [0.1, 0.15) is 23.0 Å². The summed E-state index contributed by atoms with van der Waals surface area (Å²) in [5.74, 6) is 4.02. The maximum atomic E-state index is 5.62. The van der Waals surface area contributed by atoms with E-state index in [1.807, 2.05) is 24.3 Å². The minimum atomic E-state index is 0.750. The Morgan fingerprint density at radius 3 is 1.47 bits per heavy atom. The summed E-state index contributed by atoms with van der Waals surface area (Å²) in [7, 11) is 0. The van der Waals surface area contributed by atoms with Gasteiger partial charge in [-0.2, -0.15) is 0 Å². The van der Waals surface area contributed by atoms with Gasteiger partial charge in [-0.05, 0) is 24.3 Å². The highest BCUT2D eigenvalue weighted by atomic mass is 16.4. The van der Waals surface area contributed by atoms with E-state index in [2.05, 4.69) is 13.8 Å². The largest absolute Gasteiger partial charge is 0.466 e. The number of hydrogen-bond acceptors (Lipinski definition) is 2. The predicted molar refractivity (Wildman–Crippen MR) is 59.0 cm³/mol. The first-order valence-electron chi connectivity index (χ1n) is 5.47. The van der Waals surface area contributed by atoms with E-state index in [4.69, 9.17) is 8.83 Å². The number of furan rings is 2. The third-order valence-corrected chi connectivity index (χ3v) is 2.48. The minimum Gasteiger partial charge on any atom is -0.466 e. The zero-order valence-corrected chi connectivity index (χ0v) is 9.25. The van der Waals surface area contributed by atoms with Gasteiger partial charge in [0, 0.05) is 12.8 Å². The van der Waals surface area contributed by atoms with Crippen LogP contribution in [0.25, 0.3) is 0 Å². The van der Waals surface area contributed by atoms with Crippen LogP contribution < -0.4 is 0 Å². The third kappa shape index (κ3) is 2.32. The number of aryl methyl sites for hydroxylation is 2. The maximum absolute atomic E-state index is 5.62. The van der Waals surface area contributed by atoms with Crippen molar-refractivity contribution in [3.8, 4) is 0 Å². The van der Waals surface area contributed by atoms with Gasteiger partial charge in [0.2, 0.25) is 0 Å². The second-order valence-corrected chi connectivity index (χ2v) is 3.62. The van der Waals surface area contributed by atoms with Crippen molar-refractivity contribution in [3.63, 3.8) is 0 Å². The Hall–Kier alpha value is -1.44. The molecule has 0 bridgehead atoms. The molecule has 2 rings (SSSR count). The van der Waals surface area contributed by atoms with Crippen LogP contribution in [-0.4, -0.2) is 0 Å². The number of rotatable bonds is 4. The number of hydrogen-bond donors (Lipinski definition) is 0. The zero-order valence-electron chi connectivity index (χ0n) is 9.25. The fourth-order valence-corrected chi connectivity index (χ4v) is 1.59. The Labute approximate surface area is 89.9 Å². The SMILES string of the molecule is CCc1ccc(Cc2ccc(CC)o2)o1. The van der Waals surface area contributed by atoms with E-state index < -0.39 is 0 Å². The lowest BCUT2D eigenvalue weighted by Gasteiger charge is -1.93.